The maximum atomic E-state index is 12.1. The van der Waals surface area contributed by atoms with Crippen LogP contribution in [0.5, 0.6) is 11.5 Å². The summed E-state index contributed by atoms with van der Waals surface area (Å²) < 4.78 is 12.4. The summed E-state index contributed by atoms with van der Waals surface area (Å²) in [5, 5.41) is 0. The van der Waals surface area contributed by atoms with E-state index in [0.717, 1.165) is 5.75 Å². The van der Waals surface area contributed by atoms with Crippen LogP contribution in [-0.2, 0) is 6.54 Å². The molecule has 2 rings (SSSR count). The monoisotopic (exact) mass is 318 g/mol. The number of hydrogen-bond acceptors (Lipinski definition) is 4. The molecular weight excluding hydrogens is 300 g/mol. The lowest BCUT2D eigenvalue weighted by molar-refractivity contribution is 0.214. The molecule has 0 amide bonds. The van der Waals surface area contributed by atoms with Crippen LogP contribution in [0.25, 0.3) is 0 Å². The largest absolute Gasteiger partial charge is 0.490 e. The molecule has 22 heavy (non-hydrogen) atoms. The molecule has 0 aliphatic rings. The van der Waals surface area contributed by atoms with Crippen molar-refractivity contribution in [3.63, 3.8) is 0 Å². The molecule has 5 nitrogen and oxygen atoms in total. The molecule has 0 atom stereocenters. The fourth-order valence-corrected chi connectivity index (χ4v) is 2.00. The second kappa shape index (κ2) is 7.61. The minimum absolute atomic E-state index is 0.200. The van der Waals surface area contributed by atoms with Gasteiger partial charge in [-0.05, 0) is 31.2 Å². The number of aromatic nitrogens is 1. The van der Waals surface area contributed by atoms with E-state index in [1.165, 1.54) is 10.1 Å². The maximum Gasteiger partial charge on any atom is 0.293 e. The van der Waals surface area contributed by atoms with Gasteiger partial charge in [-0.2, -0.15) is 0 Å². The molecule has 6 heteroatoms. The van der Waals surface area contributed by atoms with E-state index in [9.17, 15) is 4.79 Å². The Labute approximate surface area is 134 Å². The van der Waals surface area contributed by atoms with E-state index in [-0.39, 0.29) is 29.4 Å². The topological polar surface area (TPSA) is 66.5 Å². The Morgan fingerprint density at radius 1 is 1.18 bits per heavy atom. The number of nitrogens with zero attached hydrogens (tertiary/aromatic N) is 1. The molecule has 116 valence electrons. The summed E-state index contributed by atoms with van der Waals surface area (Å²) >= 11 is 4.81. The quantitative estimate of drug-likeness (QED) is 0.624. The average molecular weight is 318 g/mol. The summed E-state index contributed by atoms with van der Waals surface area (Å²) in [6.45, 7) is 2.85. The molecule has 1 heterocycles. The zero-order chi connectivity index (χ0) is 15.9. The van der Waals surface area contributed by atoms with Crippen molar-refractivity contribution in [3.8, 4) is 11.5 Å². The van der Waals surface area contributed by atoms with E-state index in [0.29, 0.717) is 6.61 Å². The number of pyridine rings is 1. The van der Waals surface area contributed by atoms with Crippen molar-refractivity contribution in [2.24, 2.45) is 5.73 Å². The third-order valence-corrected chi connectivity index (χ3v) is 3.07. The van der Waals surface area contributed by atoms with Crippen LogP contribution in [0.15, 0.2) is 47.4 Å². The minimum atomic E-state index is -0.259. The van der Waals surface area contributed by atoms with Crippen molar-refractivity contribution in [2.45, 2.75) is 13.5 Å². The summed E-state index contributed by atoms with van der Waals surface area (Å²) in [4.78, 5) is 12.3. The highest BCUT2D eigenvalue weighted by molar-refractivity contribution is 7.80. The van der Waals surface area contributed by atoms with Gasteiger partial charge in [0.1, 0.15) is 19.0 Å². The first kappa shape index (κ1) is 16.0. The van der Waals surface area contributed by atoms with Crippen molar-refractivity contribution in [3.05, 3.63) is 58.5 Å². The van der Waals surface area contributed by atoms with Gasteiger partial charge in [-0.15, -0.1) is 0 Å². The van der Waals surface area contributed by atoms with Crippen molar-refractivity contribution >= 4 is 17.2 Å². The van der Waals surface area contributed by atoms with Gasteiger partial charge >= 0.3 is 0 Å². The van der Waals surface area contributed by atoms with Gasteiger partial charge in [-0.25, -0.2) is 0 Å². The molecule has 0 spiro atoms. The Hall–Kier alpha value is -2.34. The molecule has 1 aromatic heterocycles. The van der Waals surface area contributed by atoms with Crippen molar-refractivity contribution in [1.82, 2.24) is 4.57 Å². The van der Waals surface area contributed by atoms with Crippen LogP contribution in [0.3, 0.4) is 0 Å². The number of rotatable bonds is 7. The van der Waals surface area contributed by atoms with Gasteiger partial charge in [-0.1, -0.05) is 29.9 Å². The predicted molar refractivity (Wildman–Crippen MR) is 89.7 cm³/mol. The van der Waals surface area contributed by atoms with Gasteiger partial charge in [0.2, 0.25) is 0 Å². The van der Waals surface area contributed by atoms with E-state index >= 15 is 0 Å². The lowest BCUT2D eigenvalue weighted by Crippen LogP contribution is -2.27. The van der Waals surface area contributed by atoms with Crippen LogP contribution >= 0.6 is 12.2 Å². The fraction of sp³-hybridized carbons (Fsp3) is 0.250. The standard InChI is InChI=1S/C16H18N2O3S/c1-12-4-6-13(7-5-12)20-9-10-21-14-3-2-8-18(16(14)19)11-15(17)22/h2-8H,9-11H2,1H3,(H2,17,22). The van der Waals surface area contributed by atoms with E-state index in [4.69, 9.17) is 27.4 Å². The molecule has 0 saturated heterocycles. The van der Waals surface area contributed by atoms with Crippen molar-refractivity contribution in [2.75, 3.05) is 13.2 Å². The van der Waals surface area contributed by atoms with E-state index < -0.39 is 0 Å². The van der Waals surface area contributed by atoms with E-state index in [1.54, 1.807) is 18.3 Å². The molecule has 2 N–H and O–H groups in total. The molecule has 0 aliphatic heterocycles. The van der Waals surface area contributed by atoms with E-state index in [2.05, 4.69) is 0 Å². The Balaban J connectivity index is 1.88. The van der Waals surface area contributed by atoms with Gasteiger partial charge in [0.15, 0.2) is 5.75 Å². The third kappa shape index (κ3) is 4.60. The van der Waals surface area contributed by atoms with Crippen LogP contribution < -0.4 is 20.8 Å². The number of thiocarbonyl (C=S) groups is 1. The number of nitrogens with two attached hydrogens (primary N) is 1. The summed E-state index contributed by atoms with van der Waals surface area (Å²) in [6, 6.07) is 11.1. The highest BCUT2D eigenvalue weighted by Gasteiger charge is 2.05. The summed E-state index contributed by atoms with van der Waals surface area (Å²) in [5.41, 5.74) is 6.36. The smallest absolute Gasteiger partial charge is 0.293 e. The first-order chi connectivity index (χ1) is 10.6. The summed E-state index contributed by atoms with van der Waals surface area (Å²) in [6.07, 6.45) is 1.62. The molecule has 0 aliphatic carbocycles. The van der Waals surface area contributed by atoms with Crippen LogP contribution in [0.1, 0.15) is 5.56 Å². The SMILES string of the molecule is Cc1ccc(OCCOc2cccn(CC(N)=S)c2=O)cc1. The fourth-order valence-electron chi connectivity index (χ4n) is 1.86. The van der Waals surface area contributed by atoms with Gasteiger partial charge in [0, 0.05) is 6.20 Å². The molecule has 0 saturated carbocycles. The normalized spacial score (nSPS) is 10.2. The number of ether oxygens (including phenoxy) is 2. The zero-order valence-electron chi connectivity index (χ0n) is 12.3. The molecule has 0 fully saturated rings. The minimum Gasteiger partial charge on any atom is -0.490 e. The van der Waals surface area contributed by atoms with Gasteiger partial charge < -0.3 is 19.8 Å². The van der Waals surface area contributed by atoms with Crippen LogP contribution in [0.2, 0.25) is 0 Å². The molecule has 0 radical (unpaired) electrons. The average Bonchev–Trinajstić information content (AvgIpc) is 2.48. The molecule has 0 bridgehead atoms. The zero-order valence-corrected chi connectivity index (χ0v) is 13.1. The number of hydrogen-bond donors (Lipinski definition) is 1. The second-order valence-electron chi connectivity index (χ2n) is 4.78. The molecular formula is C16H18N2O3S. The van der Waals surface area contributed by atoms with E-state index in [1.807, 2.05) is 31.2 Å². The molecule has 0 unspecified atom stereocenters. The third-order valence-electron chi connectivity index (χ3n) is 2.94. The Bertz CT molecular complexity index is 695. The predicted octanol–water partition coefficient (Wildman–Crippen LogP) is 1.90. The van der Waals surface area contributed by atoms with Gasteiger partial charge in [-0.3, -0.25) is 4.79 Å². The van der Waals surface area contributed by atoms with Crippen LogP contribution in [-0.4, -0.2) is 22.8 Å². The van der Waals surface area contributed by atoms with Gasteiger partial charge in [0.25, 0.3) is 5.56 Å². The van der Waals surface area contributed by atoms with Gasteiger partial charge in [0.05, 0.1) is 11.5 Å². The number of benzene rings is 1. The summed E-state index contributed by atoms with van der Waals surface area (Å²) in [7, 11) is 0. The van der Waals surface area contributed by atoms with Crippen molar-refractivity contribution < 1.29 is 9.47 Å². The number of aryl methyl sites for hydroxylation is 1. The lowest BCUT2D eigenvalue weighted by atomic mass is 10.2. The Morgan fingerprint density at radius 2 is 1.86 bits per heavy atom. The maximum absolute atomic E-state index is 12.1. The molecule has 2 aromatic rings. The lowest BCUT2D eigenvalue weighted by Gasteiger charge is -2.10. The van der Waals surface area contributed by atoms with Crippen LogP contribution in [0, 0.1) is 6.92 Å². The summed E-state index contributed by atoms with van der Waals surface area (Å²) in [5.74, 6) is 1.03. The molecule has 1 aromatic carbocycles. The Kier molecular flexibility index (Phi) is 5.55. The highest BCUT2D eigenvalue weighted by Crippen LogP contribution is 2.11. The highest BCUT2D eigenvalue weighted by atomic mass is 32.1. The van der Waals surface area contributed by atoms with Crippen molar-refractivity contribution in [1.29, 1.82) is 0 Å². The van der Waals surface area contributed by atoms with Crippen LogP contribution in [0.4, 0.5) is 0 Å². The first-order valence-electron chi connectivity index (χ1n) is 6.86. The second-order valence-corrected chi connectivity index (χ2v) is 5.31. The Morgan fingerprint density at radius 3 is 2.55 bits per heavy atom. The first-order valence-corrected chi connectivity index (χ1v) is 7.27.